The topological polar surface area (TPSA) is 68.7 Å². The molecule has 2 atom stereocenters. The van der Waals surface area contributed by atoms with Crippen LogP contribution in [0.15, 0.2) is 66.7 Å². The highest BCUT2D eigenvalue weighted by molar-refractivity contribution is 5.90. The third-order valence-electron chi connectivity index (χ3n) is 8.40. The van der Waals surface area contributed by atoms with Crippen molar-refractivity contribution in [3.8, 4) is 22.3 Å². The maximum Gasteiger partial charge on any atom is 0.416 e. The van der Waals surface area contributed by atoms with E-state index in [0.717, 1.165) is 16.9 Å². The van der Waals surface area contributed by atoms with Gasteiger partial charge in [0, 0.05) is 16.8 Å². The van der Waals surface area contributed by atoms with Crippen LogP contribution in [0.3, 0.4) is 0 Å². The van der Waals surface area contributed by atoms with Gasteiger partial charge >= 0.3 is 24.4 Å². The van der Waals surface area contributed by atoms with E-state index in [1.165, 1.54) is 20.1 Å². The first-order chi connectivity index (χ1) is 23.0. The van der Waals surface area contributed by atoms with Crippen molar-refractivity contribution in [2.45, 2.75) is 64.7 Å². The molecule has 2 unspecified atom stereocenters. The van der Waals surface area contributed by atoms with Crippen LogP contribution in [0.4, 0.5) is 35.5 Å². The van der Waals surface area contributed by atoms with E-state index in [-0.39, 0.29) is 23.9 Å². The first-order valence-electron chi connectivity index (χ1n) is 15.3. The first-order valence-corrected chi connectivity index (χ1v) is 15.3. The van der Waals surface area contributed by atoms with Crippen LogP contribution in [0, 0.1) is 12.7 Å². The number of halogens is 7. The molecule has 1 aliphatic heterocycles. The van der Waals surface area contributed by atoms with Crippen LogP contribution in [0.25, 0.3) is 22.3 Å². The molecule has 6 nitrogen and oxygen atoms in total. The number of aryl methyl sites for hydroxylation is 2. The quantitative estimate of drug-likeness (QED) is 0.136. The molecule has 258 valence electrons. The number of alkyl halides is 6. The number of hydrogen-bond acceptors (Lipinski definition) is 5. The molecule has 0 aliphatic carbocycles. The van der Waals surface area contributed by atoms with Crippen LogP contribution in [0.5, 0.6) is 0 Å². The van der Waals surface area contributed by atoms with E-state index in [0.29, 0.717) is 46.5 Å². The fraction of sp³-hybridized carbons (Fsp3) is 0.306. The molecular weight excluding hydrogens is 657 g/mol. The largest absolute Gasteiger partial charge is 0.465 e. The summed E-state index contributed by atoms with van der Waals surface area (Å²) >= 11 is 0. The number of carbonyl (C=O) groups is 2. The molecule has 1 aliphatic rings. The van der Waals surface area contributed by atoms with Gasteiger partial charge in [-0.15, -0.1) is 0 Å². The zero-order valence-corrected chi connectivity index (χ0v) is 26.8. The van der Waals surface area contributed by atoms with Crippen molar-refractivity contribution in [2.24, 2.45) is 0 Å². The third-order valence-corrected chi connectivity index (χ3v) is 8.40. The van der Waals surface area contributed by atoms with E-state index in [1.54, 1.807) is 49.4 Å². The standard InChI is InChI=1S/C36H31F7N2O4/c1-5-6-26-9-11-28(29-16-21(8-12-30(29)37)27-10-7-22(13-19(27)2)33(46)48-4)31(44-26)18-45-20(3)32(49-34(45)47)23-14-24(35(38,39)40)17-25(15-23)36(41,42)43/h7-17,20,32H,5-6,18H2,1-4H3. The fourth-order valence-corrected chi connectivity index (χ4v) is 5.90. The lowest BCUT2D eigenvalue weighted by Crippen LogP contribution is -2.32. The Kier molecular flexibility index (Phi) is 9.76. The smallest absolute Gasteiger partial charge is 0.416 e. The predicted molar refractivity (Wildman–Crippen MR) is 166 cm³/mol. The summed E-state index contributed by atoms with van der Waals surface area (Å²) in [5.41, 5.74) is 0.230. The molecule has 4 aromatic rings. The molecule has 0 radical (unpaired) electrons. The zero-order valence-electron chi connectivity index (χ0n) is 26.8. The van der Waals surface area contributed by atoms with E-state index in [4.69, 9.17) is 14.5 Å². The van der Waals surface area contributed by atoms with E-state index < -0.39 is 59.1 Å². The van der Waals surface area contributed by atoms with Gasteiger partial charge in [-0.1, -0.05) is 31.5 Å². The maximum atomic E-state index is 15.6. The predicted octanol–water partition coefficient (Wildman–Crippen LogP) is 9.72. The Bertz CT molecular complexity index is 1870. The monoisotopic (exact) mass is 688 g/mol. The minimum absolute atomic E-state index is 0.00971. The Morgan fingerprint density at radius 3 is 2.14 bits per heavy atom. The highest BCUT2D eigenvalue weighted by Crippen LogP contribution is 2.42. The first kappa shape index (κ1) is 35.4. The summed E-state index contributed by atoms with van der Waals surface area (Å²) in [5, 5.41) is 0. The summed E-state index contributed by atoms with van der Waals surface area (Å²) in [6.45, 7) is 4.89. The number of esters is 1. The zero-order chi connectivity index (χ0) is 35.8. The molecule has 0 spiro atoms. The van der Waals surface area contributed by atoms with Crippen molar-refractivity contribution >= 4 is 12.1 Å². The van der Waals surface area contributed by atoms with Crippen LogP contribution in [-0.2, 0) is 34.8 Å². The van der Waals surface area contributed by atoms with Crippen LogP contribution in [0.1, 0.15) is 70.4 Å². The number of rotatable bonds is 8. The summed E-state index contributed by atoms with van der Waals surface area (Å²) in [6.07, 6.45) is -11.3. The summed E-state index contributed by atoms with van der Waals surface area (Å²) in [6, 6.07) is 12.9. The number of aromatic nitrogens is 1. The Labute approximate surface area is 277 Å². The minimum Gasteiger partial charge on any atom is -0.465 e. The second-order valence-corrected chi connectivity index (χ2v) is 11.8. The van der Waals surface area contributed by atoms with E-state index in [1.807, 2.05) is 6.92 Å². The van der Waals surface area contributed by atoms with Gasteiger partial charge in [-0.3, -0.25) is 9.88 Å². The average molecular weight is 689 g/mol. The molecule has 49 heavy (non-hydrogen) atoms. The number of benzene rings is 3. The molecule has 1 amide bonds. The van der Waals surface area contributed by atoms with Crippen molar-refractivity contribution in [3.05, 3.63) is 112 Å². The van der Waals surface area contributed by atoms with Gasteiger partial charge in [0.05, 0.1) is 42.1 Å². The molecular formula is C36H31F7N2O4. The molecule has 0 saturated carbocycles. The lowest BCUT2D eigenvalue weighted by molar-refractivity contribution is -0.143. The molecule has 1 aromatic heterocycles. The number of methoxy groups -OCH3 is 1. The number of amides is 1. The molecule has 0 bridgehead atoms. The Hall–Kier alpha value is -4.94. The molecule has 5 rings (SSSR count). The Balaban J connectivity index is 1.54. The number of carbonyl (C=O) groups excluding carboxylic acids is 2. The fourth-order valence-electron chi connectivity index (χ4n) is 5.90. The third kappa shape index (κ3) is 7.40. The highest BCUT2D eigenvalue weighted by atomic mass is 19.4. The molecule has 2 heterocycles. The van der Waals surface area contributed by atoms with Crippen molar-refractivity contribution in [1.82, 2.24) is 9.88 Å². The molecule has 1 fully saturated rings. The van der Waals surface area contributed by atoms with Gasteiger partial charge < -0.3 is 9.47 Å². The Morgan fingerprint density at radius 1 is 0.898 bits per heavy atom. The van der Waals surface area contributed by atoms with Crippen molar-refractivity contribution in [3.63, 3.8) is 0 Å². The molecule has 1 saturated heterocycles. The van der Waals surface area contributed by atoms with Crippen molar-refractivity contribution < 1.29 is 49.8 Å². The number of nitrogens with zero attached hydrogens (tertiary/aromatic N) is 2. The van der Waals surface area contributed by atoms with Crippen LogP contribution < -0.4 is 0 Å². The summed E-state index contributed by atoms with van der Waals surface area (Å²) in [5.74, 6) is -1.11. The normalized spacial score (nSPS) is 16.6. The molecule has 13 heteroatoms. The lowest BCUT2D eigenvalue weighted by Gasteiger charge is -2.23. The molecule has 3 aromatic carbocycles. The van der Waals surface area contributed by atoms with E-state index >= 15 is 4.39 Å². The summed E-state index contributed by atoms with van der Waals surface area (Å²) < 4.78 is 107. The number of hydrogen-bond donors (Lipinski definition) is 0. The van der Waals surface area contributed by atoms with Gasteiger partial charge in [0.2, 0.25) is 0 Å². The van der Waals surface area contributed by atoms with Gasteiger partial charge in [-0.05, 0) is 91.1 Å². The average Bonchev–Trinajstić information content (AvgIpc) is 3.32. The summed E-state index contributed by atoms with van der Waals surface area (Å²) in [7, 11) is 1.27. The van der Waals surface area contributed by atoms with Crippen molar-refractivity contribution in [1.29, 1.82) is 0 Å². The van der Waals surface area contributed by atoms with Gasteiger partial charge in [0.25, 0.3) is 0 Å². The van der Waals surface area contributed by atoms with Crippen LogP contribution in [-0.4, -0.2) is 35.1 Å². The summed E-state index contributed by atoms with van der Waals surface area (Å²) in [4.78, 5) is 31.0. The Morgan fingerprint density at radius 2 is 1.55 bits per heavy atom. The van der Waals surface area contributed by atoms with Gasteiger partial charge in [0.1, 0.15) is 11.9 Å². The SMILES string of the molecule is CCCc1ccc(-c2cc(-c3ccc(C(=O)OC)cc3C)ccc2F)c(CN2C(=O)OC(c3cc(C(F)(F)F)cc(C(F)(F)F)c3)C2C)n1. The minimum atomic E-state index is -5.08. The highest BCUT2D eigenvalue weighted by Gasteiger charge is 2.43. The second-order valence-electron chi connectivity index (χ2n) is 11.8. The number of cyclic esters (lactones) is 1. The maximum absolute atomic E-state index is 15.6. The molecule has 0 N–H and O–H groups in total. The van der Waals surface area contributed by atoms with Gasteiger partial charge in [-0.2, -0.15) is 26.3 Å². The second kappa shape index (κ2) is 13.5. The van der Waals surface area contributed by atoms with Gasteiger partial charge in [0.15, 0.2) is 0 Å². The van der Waals surface area contributed by atoms with E-state index in [2.05, 4.69) is 0 Å². The van der Waals surface area contributed by atoms with E-state index in [9.17, 15) is 35.9 Å². The van der Waals surface area contributed by atoms with Crippen LogP contribution >= 0.6 is 0 Å². The number of pyridine rings is 1. The van der Waals surface area contributed by atoms with Crippen LogP contribution in [0.2, 0.25) is 0 Å². The number of ether oxygens (including phenoxy) is 2. The van der Waals surface area contributed by atoms with Gasteiger partial charge in [-0.25, -0.2) is 14.0 Å². The lowest BCUT2D eigenvalue weighted by atomic mass is 9.93. The van der Waals surface area contributed by atoms with Crippen molar-refractivity contribution in [2.75, 3.05) is 7.11 Å².